The van der Waals surface area contributed by atoms with Crippen molar-refractivity contribution in [1.29, 1.82) is 0 Å². The van der Waals surface area contributed by atoms with Crippen molar-refractivity contribution in [3.63, 3.8) is 0 Å². The Morgan fingerprint density at radius 1 is 1.32 bits per heavy atom. The van der Waals surface area contributed by atoms with E-state index in [-0.39, 0.29) is 11.5 Å². The number of halogens is 1. The number of H-pyrrole nitrogens is 1. The number of carbonyl (C=O) groups is 1. The zero-order valence-electron chi connectivity index (χ0n) is 10.0. The molecule has 0 radical (unpaired) electrons. The number of para-hydroxylation sites is 1. The van der Waals surface area contributed by atoms with E-state index in [1.165, 1.54) is 12.3 Å². The van der Waals surface area contributed by atoms with Gasteiger partial charge in [-0.3, -0.25) is 9.59 Å². The Labute approximate surface area is 114 Å². The molecule has 4 nitrogen and oxygen atoms in total. The number of fused-ring (bicyclic) bond motifs is 1. The molecule has 1 amide bonds. The summed E-state index contributed by atoms with van der Waals surface area (Å²) >= 11 is 5.83. The van der Waals surface area contributed by atoms with E-state index < -0.39 is 5.56 Å². The summed E-state index contributed by atoms with van der Waals surface area (Å²) in [5, 5.41) is 0.343. The van der Waals surface area contributed by atoms with Crippen LogP contribution in [0.15, 0.2) is 41.3 Å². The van der Waals surface area contributed by atoms with Crippen LogP contribution in [0.4, 0.5) is 5.69 Å². The van der Waals surface area contributed by atoms with Crippen LogP contribution >= 0.6 is 11.6 Å². The number of pyridine rings is 1. The minimum atomic E-state index is -0.418. The second-order valence-electron chi connectivity index (χ2n) is 4.40. The van der Waals surface area contributed by atoms with Crippen LogP contribution in [0.3, 0.4) is 0 Å². The fourth-order valence-corrected chi connectivity index (χ4v) is 2.47. The number of rotatable bonds is 1. The van der Waals surface area contributed by atoms with Gasteiger partial charge in [-0.2, -0.15) is 0 Å². The van der Waals surface area contributed by atoms with E-state index in [0.29, 0.717) is 11.6 Å². The molecule has 1 aliphatic heterocycles. The zero-order valence-corrected chi connectivity index (χ0v) is 10.8. The van der Waals surface area contributed by atoms with Gasteiger partial charge in [-0.15, -0.1) is 0 Å². The van der Waals surface area contributed by atoms with Crippen molar-refractivity contribution in [2.45, 2.75) is 6.42 Å². The normalized spacial score (nSPS) is 13.4. The second-order valence-corrected chi connectivity index (χ2v) is 4.83. The van der Waals surface area contributed by atoms with Crippen molar-refractivity contribution in [3.05, 3.63) is 63.0 Å². The van der Waals surface area contributed by atoms with Gasteiger partial charge in [-0.25, -0.2) is 0 Å². The highest BCUT2D eigenvalue weighted by Gasteiger charge is 2.26. The molecule has 19 heavy (non-hydrogen) atoms. The van der Waals surface area contributed by atoms with E-state index in [2.05, 4.69) is 4.98 Å². The topological polar surface area (TPSA) is 53.2 Å². The summed E-state index contributed by atoms with van der Waals surface area (Å²) in [5.74, 6) is -0.311. The monoisotopic (exact) mass is 274 g/mol. The van der Waals surface area contributed by atoms with Crippen molar-refractivity contribution in [2.24, 2.45) is 0 Å². The quantitative estimate of drug-likeness (QED) is 0.867. The van der Waals surface area contributed by atoms with E-state index in [4.69, 9.17) is 11.6 Å². The zero-order chi connectivity index (χ0) is 13.4. The molecule has 0 bridgehead atoms. The fraction of sp³-hybridized carbons (Fsp3) is 0.143. The third-order valence-corrected chi connectivity index (χ3v) is 3.45. The second kappa shape index (κ2) is 4.55. The number of amides is 1. The Hall–Kier alpha value is -2.07. The third-order valence-electron chi connectivity index (χ3n) is 3.23. The number of aromatic amines is 1. The summed E-state index contributed by atoms with van der Waals surface area (Å²) in [7, 11) is 0. The number of aromatic nitrogens is 1. The Kier molecular flexibility index (Phi) is 2.87. The lowest BCUT2D eigenvalue weighted by molar-refractivity contribution is 0.0988. The van der Waals surface area contributed by atoms with Crippen LogP contribution in [0, 0.1) is 0 Å². The first-order chi connectivity index (χ1) is 9.16. The van der Waals surface area contributed by atoms with Gasteiger partial charge in [0.2, 0.25) is 0 Å². The minimum Gasteiger partial charge on any atom is -0.327 e. The average molecular weight is 275 g/mol. The van der Waals surface area contributed by atoms with Gasteiger partial charge in [0.25, 0.3) is 11.5 Å². The molecule has 1 aromatic carbocycles. The number of hydrogen-bond acceptors (Lipinski definition) is 2. The standard InChI is InChI=1S/C14H11ClN2O2/c15-10-7-11(13(18)16-8-10)14(19)17-6-5-9-3-1-2-4-12(9)17/h1-4,7-8H,5-6H2,(H,16,18). The molecule has 0 spiro atoms. The summed E-state index contributed by atoms with van der Waals surface area (Å²) in [5.41, 5.74) is 1.64. The fourth-order valence-electron chi connectivity index (χ4n) is 2.31. The molecular weight excluding hydrogens is 264 g/mol. The number of nitrogens with zero attached hydrogens (tertiary/aromatic N) is 1. The van der Waals surface area contributed by atoms with Crippen molar-refractivity contribution in [1.82, 2.24) is 4.98 Å². The van der Waals surface area contributed by atoms with Crippen molar-refractivity contribution in [3.8, 4) is 0 Å². The van der Waals surface area contributed by atoms with E-state index in [1.807, 2.05) is 24.3 Å². The molecule has 96 valence electrons. The lowest BCUT2D eigenvalue weighted by Crippen LogP contribution is -2.33. The highest BCUT2D eigenvalue weighted by Crippen LogP contribution is 2.28. The van der Waals surface area contributed by atoms with Crippen molar-refractivity contribution in [2.75, 3.05) is 11.4 Å². The van der Waals surface area contributed by atoms with Crippen LogP contribution in [-0.2, 0) is 6.42 Å². The number of benzene rings is 1. The maximum atomic E-state index is 12.4. The number of carbonyl (C=O) groups excluding carboxylic acids is 1. The van der Waals surface area contributed by atoms with Crippen LogP contribution in [0.25, 0.3) is 0 Å². The average Bonchev–Trinajstić information content (AvgIpc) is 2.84. The van der Waals surface area contributed by atoms with Gasteiger partial charge in [-0.1, -0.05) is 29.8 Å². The lowest BCUT2D eigenvalue weighted by atomic mass is 10.2. The summed E-state index contributed by atoms with van der Waals surface area (Å²) in [6.45, 7) is 0.587. The Morgan fingerprint density at radius 3 is 2.95 bits per heavy atom. The maximum Gasteiger partial charge on any atom is 0.263 e. The molecule has 0 aliphatic carbocycles. The molecule has 1 aliphatic rings. The predicted molar refractivity (Wildman–Crippen MR) is 73.9 cm³/mol. The predicted octanol–water partition coefficient (Wildman–Crippen LogP) is 2.23. The molecular formula is C14H11ClN2O2. The summed E-state index contributed by atoms with van der Waals surface area (Å²) in [6.07, 6.45) is 2.18. The van der Waals surface area contributed by atoms with Crippen LogP contribution in [0.2, 0.25) is 5.02 Å². The SMILES string of the molecule is O=C(c1cc(Cl)c[nH]c1=O)N1CCc2ccccc21. The molecule has 2 aromatic rings. The van der Waals surface area contributed by atoms with Gasteiger partial charge in [0, 0.05) is 18.4 Å². The Balaban J connectivity index is 2.03. The lowest BCUT2D eigenvalue weighted by Gasteiger charge is -2.16. The van der Waals surface area contributed by atoms with Gasteiger partial charge >= 0.3 is 0 Å². The maximum absolute atomic E-state index is 12.4. The van der Waals surface area contributed by atoms with E-state index in [0.717, 1.165) is 17.7 Å². The first-order valence-corrected chi connectivity index (χ1v) is 6.32. The highest BCUT2D eigenvalue weighted by molar-refractivity contribution is 6.30. The molecule has 0 unspecified atom stereocenters. The van der Waals surface area contributed by atoms with Crippen molar-refractivity contribution < 1.29 is 4.79 Å². The minimum absolute atomic E-state index is 0.0733. The molecule has 0 fully saturated rings. The molecule has 3 rings (SSSR count). The summed E-state index contributed by atoms with van der Waals surface area (Å²) in [6, 6.07) is 9.11. The smallest absolute Gasteiger partial charge is 0.263 e. The molecule has 5 heteroatoms. The molecule has 0 saturated carbocycles. The van der Waals surface area contributed by atoms with Gasteiger partial charge < -0.3 is 9.88 Å². The van der Waals surface area contributed by atoms with Gasteiger partial charge in [0.05, 0.1) is 5.02 Å². The summed E-state index contributed by atoms with van der Waals surface area (Å²) in [4.78, 5) is 28.2. The molecule has 1 N–H and O–H groups in total. The number of nitrogens with one attached hydrogen (secondary N) is 1. The summed E-state index contributed by atoms with van der Waals surface area (Å²) < 4.78 is 0. The first kappa shape index (κ1) is 12.0. The van der Waals surface area contributed by atoms with Crippen molar-refractivity contribution >= 4 is 23.2 Å². The molecule has 1 aromatic heterocycles. The molecule has 2 heterocycles. The van der Waals surface area contributed by atoms with E-state index >= 15 is 0 Å². The van der Waals surface area contributed by atoms with Crippen LogP contribution in [-0.4, -0.2) is 17.4 Å². The Morgan fingerprint density at radius 2 is 2.11 bits per heavy atom. The van der Waals surface area contributed by atoms with Gasteiger partial charge in [-0.05, 0) is 24.1 Å². The van der Waals surface area contributed by atoms with E-state index in [1.54, 1.807) is 4.90 Å². The van der Waals surface area contributed by atoms with Gasteiger partial charge in [0.1, 0.15) is 5.56 Å². The van der Waals surface area contributed by atoms with E-state index in [9.17, 15) is 9.59 Å². The van der Waals surface area contributed by atoms with Crippen LogP contribution in [0.1, 0.15) is 15.9 Å². The highest BCUT2D eigenvalue weighted by atomic mass is 35.5. The third kappa shape index (κ3) is 2.04. The first-order valence-electron chi connectivity index (χ1n) is 5.95. The van der Waals surface area contributed by atoms with Crippen LogP contribution in [0.5, 0.6) is 0 Å². The molecule has 0 atom stereocenters. The molecule has 0 saturated heterocycles. The number of hydrogen-bond donors (Lipinski definition) is 1. The number of anilines is 1. The Bertz CT molecular complexity index is 709. The van der Waals surface area contributed by atoms with Crippen LogP contribution < -0.4 is 10.5 Å². The largest absolute Gasteiger partial charge is 0.327 e. The van der Waals surface area contributed by atoms with Gasteiger partial charge in [0.15, 0.2) is 0 Å².